The molecule has 0 fully saturated rings. The fraction of sp³-hybridized carbons (Fsp3) is 0.231. The first-order valence-corrected chi connectivity index (χ1v) is 6.20. The van der Waals surface area contributed by atoms with Crippen LogP contribution in [0, 0.1) is 0 Å². The van der Waals surface area contributed by atoms with Gasteiger partial charge in [-0.3, -0.25) is 9.59 Å². The van der Waals surface area contributed by atoms with Gasteiger partial charge in [0.25, 0.3) is 5.56 Å². The predicted molar refractivity (Wildman–Crippen MR) is 73.6 cm³/mol. The molecule has 0 atom stereocenters. The molecule has 0 unspecified atom stereocenters. The lowest BCUT2D eigenvalue weighted by atomic mass is 10.0. The molecule has 6 heteroatoms. The first-order valence-electron chi connectivity index (χ1n) is 5.83. The van der Waals surface area contributed by atoms with E-state index in [1.54, 1.807) is 25.1 Å². The number of rotatable bonds is 3. The van der Waals surface area contributed by atoms with Gasteiger partial charge in [-0.1, -0.05) is 17.7 Å². The van der Waals surface area contributed by atoms with Crippen LogP contribution in [0.2, 0.25) is 5.02 Å². The van der Waals surface area contributed by atoms with Gasteiger partial charge in [-0.05, 0) is 19.1 Å². The Morgan fingerprint density at radius 3 is 2.89 bits per heavy atom. The number of benzene rings is 1. The number of carbonyl (C=O) groups is 1. The highest BCUT2D eigenvalue weighted by Crippen LogP contribution is 2.25. The second kappa shape index (κ2) is 5.32. The topological polar surface area (TPSA) is 82.2 Å². The number of pyridine rings is 1. The Balaban J connectivity index is 2.60. The van der Waals surface area contributed by atoms with Crippen LogP contribution in [-0.4, -0.2) is 22.5 Å². The van der Waals surface area contributed by atoms with Gasteiger partial charge in [0, 0.05) is 22.5 Å². The van der Waals surface area contributed by atoms with E-state index >= 15 is 0 Å². The van der Waals surface area contributed by atoms with E-state index in [1.165, 1.54) is 0 Å². The molecule has 0 bridgehead atoms. The van der Waals surface area contributed by atoms with Crippen molar-refractivity contribution in [2.24, 2.45) is 0 Å². The van der Waals surface area contributed by atoms with Gasteiger partial charge < -0.3 is 15.4 Å². The highest BCUT2D eigenvalue weighted by molar-refractivity contribution is 6.31. The zero-order chi connectivity index (χ0) is 14.0. The third-order valence-corrected chi connectivity index (χ3v) is 3.00. The van der Waals surface area contributed by atoms with Crippen LogP contribution >= 0.6 is 11.6 Å². The summed E-state index contributed by atoms with van der Waals surface area (Å²) in [5, 5.41) is 13.5. The third kappa shape index (κ3) is 2.71. The SMILES string of the molecule is CCNC(=O)Cc1c(O)c(=O)[nH]c2cc(Cl)ccc12. The van der Waals surface area contributed by atoms with Crippen LogP contribution in [0.3, 0.4) is 0 Å². The predicted octanol–water partition coefficient (Wildman–Crippen LogP) is 1.57. The quantitative estimate of drug-likeness (QED) is 0.798. The molecule has 1 heterocycles. The van der Waals surface area contributed by atoms with Gasteiger partial charge in [-0.25, -0.2) is 0 Å². The molecule has 3 N–H and O–H groups in total. The molecule has 0 saturated carbocycles. The van der Waals surface area contributed by atoms with Gasteiger partial charge in [-0.2, -0.15) is 0 Å². The van der Waals surface area contributed by atoms with Crippen LogP contribution < -0.4 is 10.9 Å². The molecule has 0 aliphatic heterocycles. The van der Waals surface area contributed by atoms with E-state index in [9.17, 15) is 14.7 Å². The Labute approximate surface area is 114 Å². The van der Waals surface area contributed by atoms with Crippen molar-refractivity contribution in [3.63, 3.8) is 0 Å². The van der Waals surface area contributed by atoms with E-state index in [-0.39, 0.29) is 12.3 Å². The van der Waals surface area contributed by atoms with E-state index in [0.29, 0.717) is 28.0 Å². The smallest absolute Gasteiger partial charge is 0.290 e. The lowest BCUT2D eigenvalue weighted by molar-refractivity contribution is -0.120. The number of amides is 1. The third-order valence-electron chi connectivity index (χ3n) is 2.77. The summed E-state index contributed by atoms with van der Waals surface area (Å²) in [4.78, 5) is 25.8. The second-order valence-electron chi connectivity index (χ2n) is 4.10. The molecule has 0 aliphatic rings. The molecule has 2 aromatic rings. The van der Waals surface area contributed by atoms with Crippen LogP contribution in [-0.2, 0) is 11.2 Å². The van der Waals surface area contributed by atoms with Crippen LogP contribution in [0.4, 0.5) is 0 Å². The number of likely N-dealkylation sites (N-methyl/N-ethyl adjacent to an activating group) is 1. The van der Waals surface area contributed by atoms with Gasteiger partial charge in [0.15, 0.2) is 5.75 Å². The number of hydrogen-bond acceptors (Lipinski definition) is 3. The van der Waals surface area contributed by atoms with E-state index in [4.69, 9.17) is 11.6 Å². The van der Waals surface area contributed by atoms with Gasteiger partial charge in [0.05, 0.1) is 11.9 Å². The van der Waals surface area contributed by atoms with Gasteiger partial charge in [0.1, 0.15) is 0 Å². The summed E-state index contributed by atoms with van der Waals surface area (Å²) in [7, 11) is 0. The van der Waals surface area contributed by atoms with Crippen molar-refractivity contribution in [2.45, 2.75) is 13.3 Å². The molecule has 1 amide bonds. The number of H-pyrrole nitrogens is 1. The summed E-state index contributed by atoms with van der Waals surface area (Å²) in [6.07, 6.45) is -0.0538. The summed E-state index contributed by atoms with van der Waals surface area (Å²) in [6, 6.07) is 4.89. The maximum Gasteiger partial charge on any atom is 0.290 e. The normalized spacial score (nSPS) is 10.6. The summed E-state index contributed by atoms with van der Waals surface area (Å²) >= 11 is 5.85. The molecule has 0 spiro atoms. The molecular formula is C13H13ClN2O3. The molecule has 0 radical (unpaired) electrons. The monoisotopic (exact) mass is 280 g/mol. The van der Waals surface area contributed by atoms with E-state index < -0.39 is 11.3 Å². The molecular weight excluding hydrogens is 268 g/mol. The average Bonchev–Trinajstić information content (AvgIpc) is 2.35. The van der Waals surface area contributed by atoms with Crippen LogP contribution in [0.1, 0.15) is 12.5 Å². The van der Waals surface area contributed by atoms with Crippen molar-refractivity contribution in [2.75, 3.05) is 6.54 Å². The number of aromatic hydroxyl groups is 1. The van der Waals surface area contributed by atoms with Gasteiger partial charge in [0.2, 0.25) is 5.91 Å². The van der Waals surface area contributed by atoms with Gasteiger partial charge in [-0.15, -0.1) is 0 Å². The molecule has 1 aromatic heterocycles. The van der Waals surface area contributed by atoms with Crippen LogP contribution in [0.25, 0.3) is 10.9 Å². The Hall–Kier alpha value is -2.01. The molecule has 1 aromatic carbocycles. The minimum absolute atomic E-state index is 0.0538. The molecule has 100 valence electrons. The number of hydrogen-bond donors (Lipinski definition) is 3. The minimum atomic E-state index is -0.630. The van der Waals surface area contributed by atoms with Gasteiger partial charge >= 0.3 is 0 Å². The van der Waals surface area contributed by atoms with E-state index in [1.807, 2.05) is 0 Å². The Kier molecular flexibility index (Phi) is 3.76. The fourth-order valence-corrected chi connectivity index (χ4v) is 2.10. The number of halogens is 1. The largest absolute Gasteiger partial charge is 0.503 e. The number of carbonyl (C=O) groups excluding carboxylic acids is 1. The summed E-state index contributed by atoms with van der Waals surface area (Å²) < 4.78 is 0. The molecule has 5 nitrogen and oxygen atoms in total. The van der Waals surface area contributed by atoms with Crippen LogP contribution in [0.5, 0.6) is 5.75 Å². The number of fused-ring (bicyclic) bond motifs is 1. The number of aromatic nitrogens is 1. The molecule has 0 aliphatic carbocycles. The minimum Gasteiger partial charge on any atom is -0.503 e. The lowest BCUT2D eigenvalue weighted by Gasteiger charge is -2.09. The van der Waals surface area contributed by atoms with Crippen molar-refractivity contribution < 1.29 is 9.90 Å². The zero-order valence-electron chi connectivity index (χ0n) is 10.3. The molecule has 2 rings (SSSR count). The maximum absolute atomic E-state index is 11.6. The Bertz CT molecular complexity index is 694. The van der Waals surface area contributed by atoms with Crippen molar-refractivity contribution in [3.05, 3.63) is 39.1 Å². The number of aromatic amines is 1. The fourth-order valence-electron chi connectivity index (χ4n) is 1.93. The van der Waals surface area contributed by atoms with Crippen molar-refractivity contribution in [1.82, 2.24) is 10.3 Å². The summed E-state index contributed by atoms with van der Waals surface area (Å²) in [5.74, 6) is -0.680. The number of nitrogens with one attached hydrogen (secondary N) is 2. The van der Waals surface area contributed by atoms with Crippen LogP contribution in [0.15, 0.2) is 23.0 Å². The first-order chi connectivity index (χ1) is 9.02. The molecule has 19 heavy (non-hydrogen) atoms. The van der Waals surface area contributed by atoms with Crippen molar-refractivity contribution in [3.8, 4) is 5.75 Å². The highest BCUT2D eigenvalue weighted by atomic mass is 35.5. The standard InChI is InChI=1S/C13H13ClN2O3/c1-2-15-11(17)6-9-8-4-3-7(14)5-10(8)16-13(19)12(9)18/h3-5,18H,2,6H2,1H3,(H,15,17)(H,16,19). The summed E-state index contributed by atoms with van der Waals surface area (Å²) in [6.45, 7) is 2.29. The van der Waals surface area contributed by atoms with E-state index in [0.717, 1.165) is 0 Å². The zero-order valence-corrected chi connectivity index (χ0v) is 11.0. The summed E-state index contributed by atoms with van der Waals surface area (Å²) in [5.41, 5.74) is 0.171. The Morgan fingerprint density at radius 1 is 1.47 bits per heavy atom. The molecule has 0 saturated heterocycles. The first kappa shape index (κ1) is 13.4. The second-order valence-corrected chi connectivity index (χ2v) is 4.54. The maximum atomic E-state index is 11.6. The highest BCUT2D eigenvalue weighted by Gasteiger charge is 2.14. The van der Waals surface area contributed by atoms with Crippen molar-refractivity contribution >= 4 is 28.4 Å². The average molecular weight is 281 g/mol. The van der Waals surface area contributed by atoms with Crippen molar-refractivity contribution in [1.29, 1.82) is 0 Å². The van der Waals surface area contributed by atoms with E-state index in [2.05, 4.69) is 10.3 Å². The Morgan fingerprint density at radius 2 is 2.21 bits per heavy atom. The lowest BCUT2D eigenvalue weighted by Crippen LogP contribution is -2.25.